The number of benzene rings is 1. The molecule has 0 bridgehead atoms. The Morgan fingerprint density at radius 3 is 2.70 bits per heavy atom. The van der Waals surface area contributed by atoms with Gasteiger partial charge in [0.15, 0.2) is 17.5 Å². The molecule has 0 aliphatic heterocycles. The summed E-state index contributed by atoms with van der Waals surface area (Å²) in [6.45, 7) is 10.1. The van der Waals surface area contributed by atoms with Crippen molar-refractivity contribution in [2.75, 3.05) is 39.8 Å². The zero-order valence-corrected chi connectivity index (χ0v) is 14.6. The van der Waals surface area contributed by atoms with Crippen molar-refractivity contribution in [2.45, 2.75) is 26.9 Å². The Kier molecular flexibility index (Phi) is 9.05. The van der Waals surface area contributed by atoms with Gasteiger partial charge in [-0.15, -0.1) is 0 Å². The molecule has 130 valence electrons. The van der Waals surface area contributed by atoms with Gasteiger partial charge in [-0.1, -0.05) is 19.1 Å². The number of hydrogen-bond acceptors (Lipinski definition) is 3. The lowest BCUT2D eigenvalue weighted by Gasteiger charge is -2.17. The summed E-state index contributed by atoms with van der Waals surface area (Å²) in [5, 5.41) is 6.48. The highest BCUT2D eigenvalue weighted by atomic mass is 19.1. The van der Waals surface area contributed by atoms with Crippen LogP contribution in [0.15, 0.2) is 29.3 Å². The number of halogens is 1. The second-order valence-corrected chi connectivity index (χ2v) is 5.40. The van der Waals surface area contributed by atoms with Crippen LogP contribution in [0.5, 0.6) is 5.75 Å². The highest BCUT2D eigenvalue weighted by molar-refractivity contribution is 5.79. The van der Waals surface area contributed by atoms with Crippen LogP contribution in [0.2, 0.25) is 0 Å². The van der Waals surface area contributed by atoms with Gasteiger partial charge in [0.25, 0.3) is 0 Å². The van der Waals surface area contributed by atoms with Crippen LogP contribution in [0.1, 0.15) is 20.8 Å². The molecular weight excluding hydrogens is 295 g/mol. The molecule has 1 aromatic rings. The number of ether oxygens (including phenoxy) is 1. The second kappa shape index (κ2) is 10.8. The Morgan fingerprint density at radius 1 is 1.30 bits per heavy atom. The number of para-hydroxylation sites is 1. The van der Waals surface area contributed by atoms with Crippen LogP contribution >= 0.6 is 0 Å². The third-order valence-corrected chi connectivity index (χ3v) is 3.34. The van der Waals surface area contributed by atoms with Crippen molar-refractivity contribution in [3.63, 3.8) is 0 Å². The highest BCUT2D eigenvalue weighted by Crippen LogP contribution is 2.16. The van der Waals surface area contributed by atoms with Crippen LogP contribution in [0.4, 0.5) is 4.39 Å². The van der Waals surface area contributed by atoms with Gasteiger partial charge in [0, 0.05) is 19.6 Å². The van der Waals surface area contributed by atoms with Crippen LogP contribution in [0.3, 0.4) is 0 Å². The van der Waals surface area contributed by atoms with Gasteiger partial charge in [0.05, 0.1) is 6.54 Å². The molecule has 0 radical (unpaired) electrons. The number of hydrogen-bond donors (Lipinski definition) is 2. The number of likely N-dealkylation sites (N-methyl/N-ethyl adjacent to an activating group) is 1. The summed E-state index contributed by atoms with van der Waals surface area (Å²) < 4.78 is 19.1. The fourth-order valence-electron chi connectivity index (χ4n) is 1.88. The molecule has 0 saturated heterocycles. The third kappa shape index (κ3) is 7.83. The van der Waals surface area contributed by atoms with Gasteiger partial charge in [0.1, 0.15) is 6.10 Å². The van der Waals surface area contributed by atoms with E-state index in [4.69, 9.17) is 4.74 Å². The monoisotopic (exact) mass is 324 g/mol. The second-order valence-electron chi connectivity index (χ2n) is 5.40. The summed E-state index contributed by atoms with van der Waals surface area (Å²) in [5.74, 6) is 0.662. The lowest BCUT2D eigenvalue weighted by Crippen LogP contribution is -2.41. The largest absolute Gasteiger partial charge is 0.486 e. The van der Waals surface area contributed by atoms with Gasteiger partial charge in [-0.05, 0) is 39.6 Å². The van der Waals surface area contributed by atoms with Crippen LogP contribution < -0.4 is 15.4 Å². The molecule has 0 aromatic heterocycles. The smallest absolute Gasteiger partial charge is 0.191 e. The van der Waals surface area contributed by atoms with Gasteiger partial charge < -0.3 is 20.3 Å². The lowest BCUT2D eigenvalue weighted by atomic mass is 10.3. The highest BCUT2D eigenvalue weighted by Gasteiger charge is 2.08. The quantitative estimate of drug-likeness (QED) is 0.539. The predicted octanol–water partition coefficient (Wildman–Crippen LogP) is 2.10. The number of aliphatic imine (C=N–C) groups is 1. The van der Waals surface area contributed by atoms with E-state index in [1.54, 1.807) is 18.2 Å². The molecule has 6 heteroatoms. The number of nitrogens with one attached hydrogen (secondary N) is 2. The number of rotatable bonds is 9. The van der Waals surface area contributed by atoms with Gasteiger partial charge in [-0.3, -0.25) is 0 Å². The summed E-state index contributed by atoms with van der Waals surface area (Å²) in [7, 11) is 2.08. The normalized spacial score (nSPS) is 13.0. The van der Waals surface area contributed by atoms with Crippen LogP contribution in [0.25, 0.3) is 0 Å². The van der Waals surface area contributed by atoms with E-state index in [-0.39, 0.29) is 17.7 Å². The van der Waals surface area contributed by atoms with Crippen molar-refractivity contribution in [1.29, 1.82) is 0 Å². The summed E-state index contributed by atoms with van der Waals surface area (Å²) in [6, 6.07) is 6.41. The predicted molar refractivity (Wildman–Crippen MR) is 93.6 cm³/mol. The first-order valence-electron chi connectivity index (χ1n) is 8.18. The fourth-order valence-corrected chi connectivity index (χ4v) is 1.88. The Hall–Kier alpha value is -1.82. The minimum absolute atomic E-state index is 0.208. The minimum Gasteiger partial charge on any atom is -0.486 e. The van der Waals surface area contributed by atoms with E-state index in [1.165, 1.54) is 6.07 Å². The summed E-state index contributed by atoms with van der Waals surface area (Å²) >= 11 is 0. The van der Waals surface area contributed by atoms with E-state index in [1.807, 2.05) is 13.8 Å². The maximum Gasteiger partial charge on any atom is 0.191 e. The molecule has 0 amide bonds. The van der Waals surface area contributed by atoms with E-state index in [9.17, 15) is 4.39 Å². The van der Waals surface area contributed by atoms with Crippen molar-refractivity contribution in [2.24, 2.45) is 4.99 Å². The van der Waals surface area contributed by atoms with Crippen molar-refractivity contribution in [3.8, 4) is 5.75 Å². The van der Waals surface area contributed by atoms with E-state index in [0.717, 1.165) is 32.1 Å². The molecule has 1 unspecified atom stereocenters. The molecule has 23 heavy (non-hydrogen) atoms. The van der Waals surface area contributed by atoms with E-state index < -0.39 is 0 Å². The molecule has 5 nitrogen and oxygen atoms in total. The molecule has 1 rings (SSSR count). The number of nitrogens with zero attached hydrogens (tertiary/aromatic N) is 2. The van der Waals surface area contributed by atoms with E-state index in [0.29, 0.717) is 6.54 Å². The fraction of sp³-hybridized carbons (Fsp3) is 0.588. The van der Waals surface area contributed by atoms with Crippen molar-refractivity contribution < 1.29 is 9.13 Å². The summed E-state index contributed by atoms with van der Waals surface area (Å²) in [6.07, 6.45) is -0.208. The zero-order chi connectivity index (χ0) is 17.1. The van der Waals surface area contributed by atoms with Crippen molar-refractivity contribution in [3.05, 3.63) is 30.1 Å². The van der Waals surface area contributed by atoms with Crippen LogP contribution in [-0.4, -0.2) is 56.7 Å². The molecule has 0 heterocycles. The van der Waals surface area contributed by atoms with Gasteiger partial charge in [-0.25, -0.2) is 9.38 Å². The maximum atomic E-state index is 13.6. The topological polar surface area (TPSA) is 48.9 Å². The van der Waals surface area contributed by atoms with E-state index in [2.05, 4.69) is 34.5 Å². The zero-order valence-electron chi connectivity index (χ0n) is 14.6. The Labute approximate surface area is 138 Å². The molecule has 0 saturated carbocycles. The van der Waals surface area contributed by atoms with Crippen LogP contribution in [-0.2, 0) is 0 Å². The molecule has 1 atom stereocenters. The molecule has 0 spiro atoms. The Bertz CT molecular complexity index is 481. The van der Waals surface area contributed by atoms with Gasteiger partial charge >= 0.3 is 0 Å². The molecule has 0 aliphatic rings. The average Bonchev–Trinajstić information content (AvgIpc) is 2.54. The Morgan fingerprint density at radius 2 is 2.04 bits per heavy atom. The lowest BCUT2D eigenvalue weighted by molar-refractivity contribution is 0.220. The molecule has 1 aromatic carbocycles. The van der Waals surface area contributed by atoms with E-state index >= 15 is 0 Å². The molecule has 0 aliphatic carbocycles. The first kappa shape index (κ1) is 19.2. The van der Waals surface area contributed by atoms with Crippen molar-refractivity contribution in [1.82, 2.24) is 15.5 Å². The summed E-state index contributed by atoms with van der Waals surface area (Å²) in [4.78, 5) is 6.71. The SMILES string of the molecule is CCNC(=NCC(C)Oc1ccccc1F)NCCN(C)CC. The molecular formula is C17H29FN4O. The average molecular weight is 324 g/mol. The van der Waals surface area contributed by atoms with Crippen LogP contribution in [0, 0.1) is 5.82 Å². The Balaban J connectivity index is 2.47. The molecule has 0 fully saturated rings. The third-order valence-electron chi connectivity index (χ3n) is 3.34. The maximum absolute atomic E-state index is 13.6. The summed E-state index contributed by atoms with van der Waals surface area (Å²) in [5.41, 5.74) is 0. The van der Waals surface area contributed by atoms with Gasteiger partial charge in [-0.2, -0.15) is 0 Å². The number of guanidine groups is 1. The standard InChI is InChI=1S/C17H29FN4O/c1-5-19-17(20-11-12-22(4)6-2)21-13-14(3)23-16-10-8-7-9-15(16)18/h7-10,14H,5-6,11-13H2,1-4H3,(H2,19,20,21). The first-order valence-corrected chi connectivity index (χ1v) is 8.18. The van der Waals surface area contributed by atoms with Crippen molar-refractivity contribution >= 4 is 5.96 Å². The first-order chi connectivity index (χ1) is 11.1. The molecule has 2 N–H and O–H groups in total. The minimum atomic E-state index is -0.351. The van der Waals surface area contributed by atoms with Gasteiger partial charge in [0.2, 0.25) is 0 Å².